The summed E-state index contributed by atoms with van der Waals surface area (Å²) >= 11 is 1.04. The lowest BCUT2D eigenvalue weighted by Crippen LogP contribution is -2.17. The molecule has 15 heavy (non-hydrogen) atoms. The van der Waals surface area contributed by atoms with Crippen molar-refractivity contribution in [1.29, 1.82) is 0 Å². The van der Waals surface area contributed by atoms with Gasteiger partial charge in [-0.15, -0.1) is 0 Å². The van der Waals surface area contributed by atoms with E-state index in [4.69, 9.17) is 5.11 Å². The molecule has 0 aliphatic heterocycles. The van der Waals surface area contributed by atoms with E-state index in [2.05, 4.69) is 6.58 Å². The van der Waals surface area contributed by atoms with Crippen LogP contribution in [0.1, 0.15) is 20.3 Å². The standard InChI is InChI=1S/C11H16O3S/c1-4-5-8(2)6-10(11(13)14)7-15-9(3)12/h4-5,10H,2,6-7H2,1,3H3,(H,13,14)/b5-4-. The van der Waals surface area contributed by atoms with Crippen LogP contribution in [0.3, 0.4) is 0 Å². The Morgan fingerprint density at radius 2 is 2.13 bits per heavy atom. The fourth-order valence-electron chi connectivity index (χ4n) is 1.06. The van der Waals surface area contributed by atoms with Gasteiger partial charge in [0, 0.05) is 12.7 Å². The molecular formula is C11H16O3S. The highest BCUT2D eigenvalue weighted by Gasteiger charge is 2.18. The minimum absolute atomic E-state index is 0.0575. The maximum absolute atomic E-state index is 10.9. The van der Waals surface area contributed by atoms with Gasteiger partial charge in [0.15, 0.2) is 5.12 Å². The molecule has 0 aromatic heterocycles. The molecule has 0 aliphatic rings. The molecule has 0 aromatic rings. The number of carboxylic acids is 1. The van der Waals surface area contributed by atoms with Crippen molar-refractivity contribution in [3.8, 4) is 0 Å². The molecule has 0 bridgehead atoms. The van der Waals surface area contributed by atoms with Gasteiger partial charge in [-0.1, -0.05) is 36.1 Å². The first-order valence-electron chi connectivity index (χ1n) is 4.64. The number of thioether (sulfide) groups is 1. The summed E-state index contributed by atoms with van der Waals surface area (Å²) in [5.74, 6) is -1.11. The van der Waals surface area contributed by atoms with Crippen LogP contribution in [0.15, 0.2) is 24.3 Å². The summed E-state index contributed by atoms with van der Waals surface area (Å²) in [5, 5.41) is 8.86. The normalized spacial score (nSPS) is 12.7. The van der Waals surface area contributed by atoms with E-state index in [1.165, 1.54) is 6.92 Å². The lowest BCUT2D eigenvalue weighted by Gasteiger charge is -2.10. The van der Waals surface area contributed by atoms with E-state index in [1.54, 1.807) is 6.08 Å². The van der Waals surface area contributed by atoms with Crippen LogP contribution in [0, 0.1) is 5.92 Å². The van der Waals surface area contributed by atoms with Crippen LogP contribution in [0.5, 0.6) is 0 Å². The molecule has 0 rings (SSSR count). The van der Waals surface area contributed by atoms with Crippen molar-refractivity contribution in [3.05, 3.63) is 24.3 Å². The van der Waals surface area contributed by atoms with Gasteiger partial charge >= 0.3 is 5.97 Å². The minimum Gasteiger partial charge on any atom is -0.481 e. The SMILES string of the molecule is C=C(/C=C\C)CC(CSC(C)=O)C(=O)O. The fraction of sp³-hybridized carbons (Fsp3) is 0.455. The van der Waals surface area contributed by atoms with Gasteiger partial charge in [0.1, 0.15) is 0 Å². The van der Waals surface area contributed by atoms with Crippen LogP contribution in [0.2, 0.25) is 0 Å². The summed E-state index contributed by atoms with van der Waals surface area (Å²) in [5.41, 5.74) is 0.772. The van der Waals surface area contributed by atoms with Crippen LogP contribution >= 0.6 is 11.8 Å². The molecule has 0 spiro atoms. The number of hydrogen-bond acceptors (Lipinski definition) is 3. The van der Waals surface area contributed by atoms with Crippen molar-refractivity contribution in [2.75, 3.05) is 5.75 Å². The van der Waals surface area contributed by atoms with Crippen LogP contribution in [0.4, 0.5) is 0 Å². The van der Waals surface area contributed by atoms with E-state index >= 15 is 0 Å². The number of allylic oxidation sites excluding steroid dienone is 3. The smallest absolute Gasteiger partial charge is 0.307 e. The molecule has 0 amide bonds. The Bertz CT molecular complexity index is 282. The number of carbonyl (C=O) groups is 2. The Morgan fingerprint density at radius 1 is 1.53 bits per heavy atom. The molecule has 4 heteroatoms. The van der Waals surface area contributed by atoms with E-state index in [9.17, 15) is 9.59 Å². The summed E-state index contributed by atoms with van der Waals surface area (Å²) < 4.78 is 0. The van der Waals surface area contributed by atoms with Crippen molar-refractivity contribution >= 4 is 22.8 Å². The third kappa shape index (κ3) is 6.96. The molecule has 1 atom stereocenters. The van der Waals surface area contributed by atoms with E-state index in [0.29, 0.717) is 12.2 Å². The van der Waals surface area contributed by atoms with Crippen molar-refractivity contribution in [3.63, 3.8) is 0 Å². The van der Waals surface area contributed by atoms with Gasteiger partial charge in [-0.2, -0.15) is 0 Å². The van der Waals surface area contributed by atoms with Gasteiger partial charge in [0.05, 0.1) is 5.92 Å². The zero-order valence-corrected chi connectivity index (χ0v) is 9.84. The Morgan fingerprint density at radius 3 is 2.53 bits per heavy atom. The first-order chi connectivity index (χ1) is 6.97. The van der Waals surface area contributed by atoms with Crippen molar-refractivity contribution in [2.24, 2.45) is 5.92 Å². The predicted octanol–water partition coefficient (Wildman–Crippen LogP) is 2.49. The maximum atomic E-state index is 10.9. The zero-order chi connectivity index (χ0) is 11.8. The molecule has 3 nitrogen and oxygen atoms in total. The highest BCUT2D eigenvalue weighted by Crippen LogP contribution is 2.18. The van der Waals surface area contributed by atoms with Gasteiger partial charge < -0.3 is 5.11 Å². The third-order valence-electron chi connectivity index (χ3n) is 1.75. The van der Waals surface area contributed by atoms with Gasteiger partial charge in [-0.25, -0.2) is 0 Å². The maximum Gasteiger partial charge on any atom is 0.307 e. The highest BCUT2D eigenvalue weighted by molar-refractivity contribution is 8.13. The summed E-state index contributed by atoms with van der Waals surface area (Å²) in [7, 11) is 0. The van der Waals surface area contributed by atoms with E-state index in [0.717, 1.165) is 17.3 Å². The topological polar surface area (TPSA) is 54.4 Å². The van der Waals surface area contributed by atoms with Crippen molar-refractivity contribution in [2.45, 2.75) is 20.3 Å². The van der Waals surface area contributed by atoms with Crippen LogP contribution < -0.4 is 0 Å². The number of rotatable bonds is 6. The summed E-state index contributed by atoms with van der Waals surface area (Å²) in [4.78, 5) is 21.6. The Kier molecular flexibility index (Phi) is 6.79. The molecule has 0 aliphatic carbocycles. The van der Waals surface area contributed by atoms with Gasteiger partial charge in [-0.05, 0) is 13.3 Å². The number of carbonyl (C=O) groups excluding carboxylic acids is 1. The molecule has 0 saturated carbocycles. The Labute approximate surface area is 94.2 Å². The monoisotopic (exact) mass is 228 g/mol. The predicted molar refractivity (Wildman–Crippen MR) is 62.8 cm³/mol. The Balaban J connectivity index is 4.22. The average Bonchev–Trinajstić information content (AvgIpc) is 2.11. The highest BCUT2D eigenvalue weighted by atomic mass is 32.2. The second-order valence-electron chi connectivity index (χ2n) is 3.20. The summed E-state index contributed by atoms with van der Waals surface area (Å²) in [6, 6.07) is 0. The largest absolute Gasteiger partial charge is 0.481 e. The number of hydrogen-bond donors (Lipinski definition) is 1. The summed E-state index contributed by atoms with van der Waals surface area (Å²) in [6.07, 6.45) is 3.99. The van der Waals surface area contributed by atoms with E-state index in [1.807, 2.05) is 13.0 Å². The third-order valence-corrected chi connectivity index (χ3v) is 2.72. The van der Waals surface area contributed by atoms with E-state index < -0.39 is 11.9 Å². The van der Waals surface area contributed by atoms with Gasteiger partial charge in [0.25, 0.3) is 0 Å². The molecule has 0 radical (unpaired) electrons. The zero-order valence-electron chi connectivity index (χ0n) is 9.03. The molecule has 0 fully saturated rings. The van der Waals surface area contributed by atoms with Crippen LogP contribution in [-0.2, 0) is 9.59 Å². The van der Waals surface area contributed by atoms with Gasteiger partial charge in [0.2, 0.25) is 0 Å². The van der Waals surface area contributed by atoms with Crippen molar-refractivity contribution in [1.82, 2.24) is 0 Å². The number of aliphatic carboxylic acids is 1. The second-order valence-corrected chi connectivity index (χ2v) is 4.40. The van der Waals surface area contributed by atoms with E-state index in [-0.39, 0.29) is 5.12 Å². The lowest BCUT2D eigenvalue weighted by atomic mass is 10.0. The molecular weight excluding hydrogens is 212 g/mol. The first kappa shape index (κ1) is 14.0. The Hall–Kier alpha value is -1.03. The van der Waals surface area contributed by atoms with Crippen molar-refractivity contribution < 1.29 is 14.7 Å². The molecule has 0 saturated heterocycles. The average molecular weight is 228 g/mol. The number of carboxylic acid groups (broad SMARTS) is 1. The molecule has 0 aromatic carbocycles. The fourth-order valence-corrected chi connectivity index (χ4v) is 1.75. The molecule has 1 unspecified atom stereocenters. The molecule has 1 N–H and O–H groups in total. The first-order valence-corrected chi connectivity index (χ1v) is 5.62. The quantitative estimate of drug-likeness (QED) is 0.710. The van der Waals surface area contributed by atoms with Crippen LogP contribution in [-0.4, -0.2) is 21.9 Å². The van der Waals surface area contributed by atoms with Gasteiger partial charge in [-0.3, -0.25) is 9.59 Å². The lowest BCUT2D eigenvalue weighted by molar-refractivity contribution is -0.140. The van der Waals surface area contributed by atoms with Crippen LogP contribution in [0.25, 0.3) is 0 Å². The summed E-state index contributed by atoms with van der Waals surface area (Å²) in [6.45, 7) is 7.04. The minimum atomic E-state index is -0.880. The molecule has 84 valence electrons. The second kappa shape index (κ2) is 7.29. The molecule has 0 heterocycles.